The zero-order valence-electron chi connectivity index (χ0n) is 16.8. The zero-order chi connectivity index (χ0) is 18.9. The van der Waals surface area contributed by atoms with Gasteiger partial charge in [-0.3, -0.25) is 0 Å². The minimum atomic E-state index is -0.369. The van der Waals surface area contributed by atoms with Crippen molar-refractivity contribution in [2.24, 2.45) is 0 Å². The van der Waals surface area contributed by atoms with E-state index in [0.29, 0.717) is 37.2 Å². The van der Waals surface area contributed by atoms with E-state index in [-0.39, 0.29) is 11.9 Å². The minimum Gasteiger partial charge on any atom is -0.463 e. The monoisotopic (exact) mass is 354 g/mol. The second-order valence-electron chi connectivity index (χ2n) is 6.37. The van der Waals surface area contributed by atoms with Crippen LogP contribution in [0.2, 0.25) is 0 Å². The predicted molar refractivity (Wildman–Crippen MR) is 102 cm³/mol. The molecular weight excluding hydrogens is 316 g/mol. The van der Waals surface area contributed by atoms with Crippen LogP contribution in [0.3, 0.4) is 0 Å². The van der Waals surface area contributed by atoms with E-state index in [1.807, 2.05) is 6.92 Å². The lowest BCUT2D eigenvalue weighted by atomic mass is 9.97. The summed E-state index contributed by atoms with van der Waals surface area (Å²) in [6.45, 7) is 8.43. The molecule has 0 rings (SSSR count). The lowest BCUT2D eigenvalue weighted by Gasteiger charge is -2.13. The molecular formula is C21H38O4. The third kappa shape index (κ3) is 11.0. The fourth-order valence-corrected chi connectivity index (χ4v) is 2.87. The van der Waals surface area contributed by atoms with Crippen LogP contribution in [0.15, 0.2) is 11.1 Å². The summed E-state index contributed by atoms with van der Waals surface area (Å²) in [5.41, 5.74) is 1.03. The summed E-state index contributed by atoms with van der Waals surface area (Å²) in [4.78, 5) is 24.5. The van der Waals surface area contributed by atoms with Crippen LogP contribution < -0.4 is 0 Å². The summed E-state index contributed by atoms with van der Waals surface area (Å²) in [6.07, 6.45) is 11.6. The van der Waals surface area contributed by atoms with Gasteiger partial charge in [0.05, 0.1) is 13.2 Å². The summed E-state index contributed by atoms with van der Waals surface area (Å²) in [5, 5.41) is 0. The van der Waals surface area contributed by atoms with Gasteiger partial charge in [0.15, 0.2) is 0 Å². The number of esters is 2. The van der Waals surface area contributed by atoms with Crippen LogP contribution in [0.5, 0.6) is 0 Å². The third-order valence-corrected chi connectivity index (χ3v) is 4.19. The molecule has 0 fully saturated rings. The Morgan fingerprint density at radius 1 is 0.560 bits per heavy atom. The molecule has 0 unspecified atom stereocenters. The Bertz CT molecular complexity index is 399. The standard InChI is InChI=1S/C21H38O4/c1-5-9-10-11-12-13-14-15-17-19(21(23)25-8-4)18(16-6-2)20(22)24-7-3/h5-17H2,1-4H3/b19-18-. The summed E-state index contributed by atoms with van der Waals surface area (Å²) in [7, 11) is 0. The molecule has 0 spiro atoms. The minimum absolute atomic E-state index is 0.319. The van der Waals surface area contributed by atoms with Gasteiger partial charge in [-0.05, 0) is 33.1 Å². The van der Waals surface area contributed by atoms with Gasteiger partial charge in [0.25, 0.3) is 0 Å². The predicted octanol–water partition coefficient (Wildman–Crippen LogP) is 5.74. The highest BCUT2D eigenvalue weighted by molar-refractivity contribution is 6.00. The average molecular weight is 355 g/mol. The molecule has 0 aromatic carbocycles. The highest BCUT2D eigenvalue weighted by Gasteiger charge is 2.22. The van der Waals surface area contributed by atoms with Crippen LogP contribution in [-0.2, 0) is 19.1 Å². The molecule has 25 heavy (non-hydrogen) atoms. The van der Waals surface area contributed by atoms with Gasteiger partial charge in [-0.15, -0.1) is 0 Å². The van der Waals surface area contributed by atoms with Gasteiger partial charge < -0.3 is 9.47 Å². The van der Waals surface area contributed by atoms with Crippen LogP contribution in [0.25, 0.3) is 0 Å². The van der Waals surface area contributed by atoms with Gasteiger partial charge in [0.1, 0.15) is 0 Å². The SMILES string of the molecule is CCCCCCCCCC/C(C(=O)OCC)=C(\CCC)C(=O)OCC. The smallest absolute Gasteiger partial charge is 0.334 e. The molecule has 0 aliphatic rings. The lowest BCUT2D eigenvalue weighted by Crippen LogP contribution is -2.17. The molecule has 0 radical (unpaired) electrons. The molecule has 0 aliphatic carbocycles. The van der Waals surface area contributed by atoms with Crippen LogP contribution in [0.1, 0.15) is 98.3 Å². The van der Waals surface area contributed by atoms with Crippen molar-refractivity contribution in [2.45, 2.75) is 98.3 Å². The van der Waals surface area contributed by atoms with E-state index in [1.165, 1.54) is 38.5 Å². The van der Waals surface area contributed by atoms with Crippen molar-refractivity contribution in [3.63, 3.8) is 0 Å². The lowest BCUT2D eigenvalue weighted by molar-refractivity contribution is -0.142. The second-order valence-corrected chi connectivity index (χ2v) is 6.37. The first-order chi connectivity index (χ1) is 12.1. The largest absolute Gasteiger partial charge is 0.463 e. The van der Waals surface area contributed by atoms with Gasteiger partial charge in [0, 0.05) is 11.1 Å². The van der Waals surface area contributed by atoms with Gasteiger partial charge in [0.2, 0.25) is 0 Å². The van der Waals surface area contributed by atoms with Crippen molar-refractivity contribution in [3.05, 3.63) is 11.1 Å². The van der Waals surface area contributed by atoms with Gasteiger partial charge in [-0.2, -0.15) is 0 Å². The molecule has 0 aromatic heterocycles. The van der Waals surface area contributed by atoms with E-state index < -0.39 is 0 Å². The topological polar surface area (TPSA) is 52.6 Å². The molecule has 0 N–H and O–H groups in total. The number of hydrogen-bond acceptors (Lipinski definition) is 4. The molecule has 0 bridgehead atoms. The molecule has 0 saturated heterocycles. The average Bonchev–Trinajstić information content (AvgIpc) is 2.59. The first-order valence-corrected chi connectivity index (χ1v) is 10.2. The normalized spacial score (nSPS) is 11.8. The first-order valence-electron chi connectivity index (χ1n) is 10.2. The van der Waals surface area contributed by atoms with Gasteiger partial charge in [-0.25, -0.2) is 9.59 Å². The van der Waals surface area contributed by atoms with Crippen molar-refractivity contribution in [3.8, 4) is 0 Å². The Balaban J connectivity index is 4.71. The molecule has 146 valence electrons. The Kier molecular flexibility index (Phi) is 15.3. The van der Waals surface area contributed by atoms with E-state index in [0.717, 1.165) is 19.3 Å². The summed E-state index contributed by atoms with van der Waals surface area (Å²) in [5.74, 6) is -0.728. The highest BCUT2D eigenvalue weighted by Crippen LogP contribution is 2.21. The Morgan fingerprint density at radius 2 is 1.00 bits per heavy atom. The summed E-state index contributed by atoms with van der Waals surface area (Å²) in [6, 6.07) is 0. The quantitative estimate of drug-likeness (QED) is 0.214. The van der Waals surface area contributed by atoms with E-state index in [9.17, 15) is 9.59 Å². The van der Waals surface area contributed by atoms with Crippen molar-refractivity contribution in [1.82, 2.24) is 0 Å². The third-order valence-electron chi connectivity index (χ3n) is 4.19. The number of rotatable bonds is 15. The fraction of sp³-hybridized carbons (Fsp3) is 0.810. The summed E-state index contributed by atoms with van der Waals surface area (Å²) >= 11 is 0. The van der Waals surface area contributed by atoms with Crippen LogP contribution in [0.4, 0.5) is 0 Å². The molecule has 0 amide bonds. The van der Waals surface area contributed by atoms with Crippen molar-refractivity contribution < 1.29 is 19.1 Å². The molecule has 0 atom stereocenters. The Hall–Kier alpha value is -1.32. The maximum atomic E-state index is 12.3. The molecule has 0 heterocycles. The molecule has 4 nitrogen and oxygen atoms in total. The van der Waals surface area contributed by atoms with E-state index in [4.69, 9.17) is 9.47 Å². The van der Waals surface area contributed by atoms with Crippen LogP contribution >= 0.6 is 0 Å². The molecule has 0 aliphatic heterocycles. The molecule has 0 aromatic rings. The van der Waals surface area contributed by atoms with Crippen molar-refractivity contribution in [1.29, 1.82) is 0 Å². The van der Waals surface area contributed by atoms with E-state index in [1.54, 1.807) is 13.8 Å². The molecule has 4 heteroatoms. The number of carbonyl (C=O) groups is 2. The van der Waals surface area contributed by atoms with Crippen molar-refractivity contribution >= 4 is 11.9 Å². The number of unbranched alkanes of at least 4 members (excludes halogenated alkanes) is 7. The van der Waals surface area contributed by atoms with Gasteiger partial charge >= 0.3 is 11.9 Å². The maximum Gasteiger partial charge on any atom is 0.334 e. The van der Waals surface area contributed by atoms with E-state index in [2.05, 4.69) is 6.92 Å². The summed E-state index contributed by atoms with van der Waals surface area (Å²) < 4.78 is 10.3. The second kappa shape index (κ2) is 16.2. The number of ether oxygens (including phenoxy) is 2. The zero-order valence-corrected chi connectivity index (χ0v) is 16.8. The molecule has 0 saturated carbocycles. The first kappa shape index (κ1) is 23.7. The maximum absolute atomic E-state index is 12.3. The van der Waals surface area contributed by atoms with Crippen molar-refractivity contribution in [2.75, 3.05) is 13.2 Å². The highest BCUT2D eigenvalue weighted by atomic mass is 16.5. The van der Waals surface area contributed by atoms with Crippen LogP contribution in [0, 0.1) is 0 Å². The Morgan fingerprint density at radius 3 is 1.44 bits per heavy atom. The number of carbonyl (C=O) groups excluding carboxylic acids is 2. The fourth-order valence-electron chi connectivity index (χ4n) is 2.87. The van der Waals surface area contributed by atoms with Crippen LogP contribution in [-0.4, -0.2) is 25.2 Å². The van der Waals surface area contributed by atoms with Gasteiger partial charge in [-0.1, -0.05) is 65.2 Å². The van der Waals surface area contributed by atoms with E-state index >= 15 is 0 Å². The Labute approximate surface area is 154 Å². The number of hydrogen-bond donors (Lipinski definition) is 0.